The van der Waals surface area contributed by atoms with Gasteiger partial charge in [-0.1, -0.05) is 23.7 Å². The number of halogens is 2. The first-order valence-electron chi connectivity index (χ1n) is 7.64. The molecule has 0 unspecified atom stereocenters. The molecule has 1 aromatic heterocycles. The molecule has 1 aromatic carbocycles. The lowest BCUT2D eigenvalue weighted by Crippen LogP contribution is -2.37. The van der Waals surface area contributed by atoms with Gasteiger partial charge in [0.05, 0.1) is 10.9 Å². The molecule has 1 amide bonds. The van der Waals surface area contributed by atoms with Crippen molar-refractivity contribution < 1.29 is 9.53 Å². The topological polar surface area (TPSA) is 80.0 Å². The zero-order valence-corrected chi connectivity index (χ0v) is 18.5. The largest absolute Gasteiger partial charge is 0.484 e. The van der Waals surface area contributed by atoms with Crippen molar-refractivity contribution >= 4 is 58.8 Å². The number of nitrogens with zero attached hydrogens (tertiary/aromatic N) is 2. The Balaban J connectivity index is 0.00000338. The van der Waals surface area contributed by atoms with Gasteiger partial charge in [0.2, 0.25) is 0 Å². The van der Waals surface area contributed by atoms with Gasteiger partial charge in [0, 0.05) is 25.5 Å². The number of benzene rings is 1. The summed E-state index contributed by atoms with van der Waals surface area (Å²) < 4.78 is 6.09. The van der Waals surface area contributed by atoms with E-state index in [2.05, 4.69) is 10.3 Å². The monoisotopic (exact) mass is 508 g/mol. The lowest BCUT2D eigenvalue weighted by molar-refractivity contribution is -0.119. The average molecular weight is 509 g/mol. The maximum absolute atomic E-state index is 10.8. The number of aliphatic imine (C=N–C) groups is 1. The molecule has 0 aliphatic heterocycles. The molecule has 0 saturated heterocycles. The third-order valence-electron chi connectivity index (χ3n) is 3.33. The number of hydrogen-bond acceptors (Lipinski definition) is 4. The van der Waals surface area contributed by atoms with Gasteiger partial charge >= 0.3 is 0 Å². The highest BCUT2D eigenvalue weighted by atomic mass is 127. The predicted molar refractivity (Wildman–Crippen MR) is 118 cm³/mol. The van der Waals surface area contributed by atoms with Crippen LogP contribution in [0.4, 0.5) is 0 Å². The van der Waals surface area contributed by atoms with Gasteiger partial charge in [-0.3, -0.25) is 9.79 Å². The summed E-state index contributed by atoms with van der Waals surface area (Å²) in [7, 11) is 3.71. The van der Waals surface area contributed by atoms with E-state index in [1.54, 1.807) is 24.5 Å². The van der Waals surface area contributed by atoms with Crippen molar-refractivity contribution in [3.05, 3.63) is 51.2 Å². The van der Waals surface area contributed by atoms with E-state index in [0.717, 1.165) is 27.3 Å². The van der Waals surface area contributed by atoms with Crippen LogP contribution in [0.2, 0.25) is 4.34 Å². The van der Waals surface area contributed by atoms with Gasteiger partial charge in [-0.2, -0.15) is 0 Å². The Kier molecular flexibility index (Phi) is 9.74. The molecule has 0 aliphatic carbocycles. The number of thiophene rings is 1. The molecule has 0 radical (unpaired) electrons. The molecule has 0 atom stereocenters. The molecule has 1 heterocycles. The zero-order chi connectivity index (χ0) is 18.2. The highest BCUT2D eigenvalue weighted by Crippen LogP contribution is 2.22. The minimum atomic E-state index is -0.501. The summed E-state index contributed by atoms with van der Waals surface area (Å²) >= 11 is 7.53. The fourth-order valence-corrected chi connectivity index (χ4v) is 3.35. The standard InChI is InChI=1S/C17H21ClN4O2S.HI/c1-20-17(22(2)10-14-6-7-15(18)25-14)21-9-12-4-3-5-13(8-12)24-11-16(19)23;/h3-8H,9-11H2,1-2H3,(H2,19,23)(H,20,21);1H. The second-order valence-electron chi connectivity index (χ2n) is 5.37. The van der Waals surface area contributed by atoms with Crippen molar-refractivity contribution in [1.29, 1.82) is 0 Å². The summed E-state index contributed by atoms with van der Waals surface area (Å²) in [6.07, 6.45) is 0. The van der Waals surface area contributed by atoms with Crippen LogP contribution >= 0.6 is 46.9 Å². The molecule has 0 saturated carbocycles. The number of guanidine groups is 1. The van der Waals surface area contributed by atoms with Crippen LogP contribution in [0.5, 0.6) is 5.75 Å². The number of hydrogen-bond donors (Lipinski definition) is 2. The Morgan fingerprint density at radius 2 is 2.15 bits per heavy atom. The number of nitrogens with one attached hydrogen (secondary N) is 1. The number of rotatable bonds is 7. The number of primary amides is 1. The Hall–Kier alpha value is -1.52. The third-order valence-corrected chi connectivity index (χ3v) is 4.54. The van der Waals surface area contributed by atoms with E-state index in [0.29, 0.717) is 12.3 Å². The highest BCUT2D eigenvalue weighted by Gasteiger charge is 2.08. The van der Waals surface area contributed by atoms with Crippen molar-refractivity contribution in [1.82, 2.24) is 10.2 Å². The molecule has 0 fully saturated rings. The smallest absolute Gasteiger partial charge is 0.255 e. The second-order valence-corrected chi connectivity index (χ2v) is 7.16. The maximum atomic E-state index is 10.8. The fraction of sp³-hybridized carbons (Fsp3) is 0.294. The van der Waals surface area contributed by atoms with Gasteiger partial charge in [0.15, 0.2) is 12.6 Å². The van der Waals surface area contributed by atoms with Crippen LogP contribution in [0.1, 0.15) is 10.4 Å². The Labute approximate surface area is 179 Å². The minimum Gasteiger partial charge on any atom is -0.484 e. The molecule has 0 spiro atoms. The molecule has 2 aromatic rings. The summed E-state index contributed by atoms with van der Waals surface area (Å²) in [4.78, 5) is 18.3. The highest BCUT2D eigenvalue weighted by molar-refractivity contribution is 14.0. The quantitative estimate of drug-likeness (QED) is 0.342. The van der Waals surface area contributed by atoms with Gasteiger partial charge in [-0.15, -0.1) is 35.3 Å². The van der Waals surface area contributed by atoms with Crippen molar-refractivity contribution in [2.45, 2.75) is 13.1 Å². The van der Waals surface area contributed by atoms with E-state index in [9.17, 15) is 4.79 Å². The molecular weight excluding hydrogens is 487 g/mol. The van der Waals surface area contributed by atoms with Crippen molar-refractivity contribution in [2.75, 3.05) is 20.7 Å². The Bertz CT molecular complexity index is 754. The molecule has 26 heavy (non-hydrogen) atoms. The van der Waals surface area contributed by atoms with Crippen LogP contribution in [0.25, 0.3) is 0 Å². The van der Waals surface area contributed by atoms with E-state index in [1.807, 2.05) is 42.3 Å². The van der Waals surface area contributed by atoms with Crippen LogP contribution in [0.15, 0.2) is 41.4 Å². The molecule has 9 heteroatoms. The van der Waals surface area contributed by atoms with E-state index in [-0.39, 0.29) is 30.6 Å². The first kappa shape index (κ1) is 22.5. The summed E-state index contributed by atoms with van der Waals surface area (Å²) in [6, 6.07) is 11.4. The Morgan fingerprint density at radius 1 is 1.38 bits per heavy atom. The van der Waals surface area contributed by atoms with E-state index in [1.165, 1.54) is 0 Å². The first-order valence-corrected chi connectivity index (χ1v) is 8.83. The number of ether oxygens (including phenoxy) is 1. The predicted octanol–water partition coefficient (Wildman–Crippen LogP) is 3.09. The van der Waals surface area contributed by atoms with Crippen LogP contribution in [-0.4, -0.2) is 37.5 Å². The van der Waals surface area contributed by atoms with Gasteiger partial charge < -0.3 is 20.7 Å². The first-order chi connectivity index (χ1) is 12.0. The number of amides is 1. The fourth-order valence-electron chi connectivity index (χ4n) is 2.21. The van der Waals surface area contributed by atoms with Crippen LogP contribution < -0.4 is 15.8 Å². The molecule has 2 rings (SSSR count). The summed E-state index contributed by atoms with van der Waals surface area (Å²) in [5.41, 5.74) is 6.10. The molecule has 6 nitrogen and oxygen atoms in total. The number of carbonyl (C=O) groups excluding carboxylic acids is 1. The molecule has 0 aliphatic rings. The maximum Gasteiger partial charge on any atom is 0.255 e. The van der Waals surface area contributed by atoms with Gasteiger partial charge in [-0.05, 0) is 29.8 Å². The molecular formula is C17H22ClIN4O2S. The van der Waals surface area contributed by atoms with Crippen molar-refractivity contribution in [3.8, 4) is 5.75 Å². The van der Waals surface area contributed by atoms with Gasteiger partial charge in [0.1, 0.15) is 5.75 Å². The SMILES string of the molecule is CN=C(NCc1cccc(OCC(N)=O)c1)N(C)Cc1ccc(Cl)s1.I. The van der Waals surface area contributed by atoms with Crippen LogP contribution in [-0.2, 0) is 17.9 Å². The minimum absolute atomic E-state index is 0. The summed E-state index contributed by atoms with van der Waals surface area (Å²) in [5.74, 6) is 0.877. The second kappa shape index (κ2) is 11.2. The van der Waals surface area contributed by atoms with E-state index < -0.39 is 5.91 Å². The van der Waals surface area contributed by atoms with Crippen LogP contribution in [0.3, 0.4) is 0 Å². The average Bonchev–Trinajstić information content (AvgIpc) is 2.99. The van der Waals surface area contributed by atoms with Gasteiger partial charge in [0.25, 0.3) is 5.91 Å². The summed E-state index contributed by atoms with van der Waals surface area (Å²) in [5, 5.41) is 3.31. The lowest BCUT2D eigenvalue weighted by Gasteiger charge is -2.21. The zero-order valence-electron chi connectivity index (χ0n) is 14.6. The molecule has 3 N–H and O–H groups in total. The van der Waals surface area contributed by atoms with Gasteiger partial charge in [-0.25, -0.2) is 0 Å². The summed E-state index contributed by atoms with van der Waals surface area (Å²) in [6.45, 7) is 1.17. The van der Waals surface area contributed by atoms with E-state index >= 15 is 0 Å². The molecule has 0 bridgehead atoms. The molecule has 142 valence electrons. The van der Waals surface area contributed by atoms with E-state index in [4.69, 9.17) is 22.1 Å². The normalized spacial score (nSPS) is 10.8. The number of nitrogens with two attached hydrogens (primary N) is 1. The lowest BCUT2D eigenvalue weighted by atomic mass is 10.2. The number of carbonyl (C=O) groups is 1. The van der Waals surface area contributed by atoms with Crippen LogP contribution in [0, 0.1) is 0 Å². The van der Waals surface area contributed by atoms with Crippen molar-refractivity contribution in [3.63, 3.8) is 0 Å². The third kappa shape index (κ3) is 7.38. The van der Waals surface area contributed by atoms with Crippen molar-refractivity contribution in [2.24, 2.45) is 10.7 Å². The Morgan fingerprint density at radius 3 is 2.77 bits per heavy atom.